The minimum Gasteiger partial charge on any atom is -0.490 e. The first kappa shape index (κ1) is 12.2. The summed E-state index contributed by atoms with van der Waals surface area (Å²) >= 11 is 5.76. The molecule has 0 unspecified atom stereocenters. The SMILES string of the molecule is CN1[C@@H]2CC[C@H]1C[C@H](Oc1ccc(F)c(Cl)c1)C2. The number of benzene rings is 1. The average Bonchev–Trinajstić information content (AvgIpc) is 2.58. The Bertz CT molecular complexity index is 439. The van der Waals surface area contributed by atoms with Gasteiger partial charge in [-0.15, -0.1) is 0 Å². The molecule has 98 valence electrons. The number of ether oxygens (including phenoxy) is 1. The van der Waals surface area contributed by atoms with Crippen LogP contribution in [0.2, 0.25) is 5.02 Å². The van der Waals surface area contributed by atoms with Gasteiger partial charge in [0, 0.05) is 18.2 Å². The molecule has 18 heavy (non-hydrogen) atoms. The first-order chi connectivity index (χ1) is 8.63. The lowest BCUT2D eigenvalue weighted by Gasteiger charge is -2.36. The molecule has 0 radical (unpaired) electrons. The third-order valence-corrected chi connectivity index (χ3v) is 4.54. The molecular weight excluding hydrogens is 253 g/mol. The van der Waals surface area contributed by atoms with E-state index in [0.717, 1.165) is 12.8 Å². The lowest BCUT2D eigenvalue weighted by atomic mass is 10.0. The van der Waals surface area contributed by atoms with Gasteiger partial charge in [0.05, 0.1) is 5.02 Å². The van der Waals surface area contributed by atoms with E-state index in [9.17, 15) is 4.39 Å². The van der Waals surface area contributed by atoms with Gasteiger partial charge < -0.3 is 9.64 Å². The Balaban J connectivity index is 1.68. The highest BCUT2D eigenvalue weighted by molar-refractivity contribution is 6.30. The summed E-state index contributed by atoms with van der Waals surface area (Å²) in [5, 5.41) is 0.128. The smallest absolute Gasteiger partial charge is 0.142 e. The van der Waals surface area contributed by atoms with Gasteiger partial charge in [-0.2, -0.15) is 0 Å². The van der Waals surface area contributed by atoms with Crippen LogP contribution in [0.15, 0.2) is 18.2 Å². The second kappa shape index (κ2) is 4.71. The van der Waals surface area contributed by atoms with Crippen LogP contribution in [-0.4, -0.2) is 30.1 Å². The van der Waals surface area contributed by atoms with Gasteiger partial charge in [-0.05, 0) is 44.9 Å². The molecule has 0 saturated carbocycles. The van der Waals surface area contributed by atoms with E-state index in [1.165, 1.54) is 18.9 Å². The van der Waals surface area contributed by atoms with Gasteiger partial charge in [0.15, 0.2) is 0 Å². The van der Waals surface area contributed by atoms with Crippen molar-refractivity contribution in [2.75, 3.05) is 7.05 Å². The van der Waals surface area contributed by atoms with E-state index in [1.54, 1.807) is 12.1 Å². The molecule has 0 aliphatic carbocycles. The first-order valence-electron chi connectivity index (χ1n) is 6.47. The number of fused-ring (bicyclic) bond motifs is 2. The molecule has 2 heterocycles. The van der Waals surface area contributed by atoms with Gasteiger partial charge in [-0.25, -0.2) is 4.39 Å². The van der Waals surface area contributed by atoms with Crippen molar-refractivity contribution in [1.82, 2.24) is 4.90 Å². The Morgan fingerprint density at radius 2 is 1.94 bits per heavy atom. The maximum atomic E-state index is 13.1. The van der Waals surface area contributed by atoms with E-state index in [1.807, 2.05) is 0 Å². The van der Waals surface area contributed by atoms with Crippen LogP contribution < -0.4 is 4.74 Å². The maximum Gasteiger partial charge on any atom is 0.142 e. The van der Waals surface area contributed by atoms with Crippen molar-refractivity contribution in [2.45, 2.75) is 43.9 Å². The summed E-state index contributed by atoms with van der Waals surface area (Å²) in [4.78, 5) is 2.47. The highest BCUT2D eigenvalue weighted by atomic mass is 35.5. The largest absolute Gasteiger partial charge is 0.490 e. The molecule has 2 nitrogen and oxygen atoms in total. The van der Waals surface area contributed by atoms with Crippen LogP contribution in [0.1, 0.15) is 25.7 Å². The van der Waals surface area contributed by atoms with Gasteiger partial charge >= 0.3 is 0 Å². The van der Waals surface area contributed by atoms with Crippen LogP contribution in [0.3, 0.4) is 0 Å². The molecule has 3 atom stereocenters. The van der Waals surface area contributed by atoms with Crippen molar-refractivity contribution < 1.29 is 9.13 Å². The highest BCUT2D eigenvalue weighted by Crippen LogP contribution is 2.36. The van der Waals surface area contributed by atoms with Crippen LogP contribution >= 0.6 is 11.6 Å². The summed E-state index contributed by atoms with van der Waals surface area (Å²) in [7, 11) is 2.20. The summed E-state index contributed by atoms with van der Waals surface area (Å²) in [6.07, 6.45) is 4.89. The topological polar surface area (TPSA) is 12.5 Å². The van der Waals surface area contributed by atoms with E-state index in [4.69, 9.17) is 16.3 Å². The summed E-state index contributed by atoms with van der Waals surface area (Å²) in [6.45, 7) is 0. The van der Waals surface area contributed by atoms with Gasteiger partial charge in [0.2, 0.25) is 0 Å². The zero-order valence-electron chi connectivity index (χ0n) is 10.4. The molecule has 2 aliphatic rings. The molecule has 4 heteroatoms. The summed E-state index contributed by atoms with van der Waals surface area (Å²) < 4.78 is 19.0. The fourth-order valence-corrected chi connectivity index (χ4v) is 3.37. The van der Waals surface area contributed by atoms with Gasteiger partial charge in [0.1, 0.15) is 17.7 Å². The van der Waals surface area contributed by atoms with Gasteiger partial charge in [-0.3, -0.25) is 0 Å². The predicted molar refractivity (Wildman–Crippen MR) is 69.6 cm³/mol. The van der Waals surface area contributed by atoms with Crippen LogP contribution in [0.4, 0.5) is 4.39 Å². The van der Waals surface area contributed by atoms with Crippen LogP contribution in [0.5, 0.6) is 5.75 Å². The molecular formula is C14H17ClFNO. The van der Waals surface area contributed by atoms with Gasteiger partial charge in [-0.1, -0.05) is 11.6 Å². The standard InChI is InChI=1S/C14H17ClFNO/c1-17-9-2-3-10(17)7-12(6-9)18-11-4-5-14(16)13(15)8-11/h4-5,8-10,12H,2-3,6-7H2,1H3/t9-,10+,12-. The van der Waals surface area contributed by atoms with E-state index < -0.39 is 5.82 Å². The minimum atomic E-state index is -0.396. The fourth-order valence-electron chi connectivity index (χ4n) is 3.20. The summed E-state index contributed by atoms with van der Waals surface area (Å²) in [6, 6.07) is 5.87. The number of hydrogen-bond acceptors (Lipinski definition) is 2. The zero-order chi connectivity index (χ0) is 12.7. The van der Waals surface area contributed by atoms with E-state index in [0.29, 0.717) is 17.8 Å². The Hall–Kier alpha value is -0.800. The number of halogens is 2. The van der Waals surface area contributed by atoms with Gasteiger partial charge in [0.25, 0.3) is 0 Å². The van der Waals surface area contributed by atoms with Crippen molar-refractivity contribution in [3.8, 4) is 5.75 Å². The molecule has 2 fully saturated rings. The maximum absolute atomic E-state index is 13.1. The van der Waals surface area contributed by atoms with Crippen molar-refractivity contribution in [1.29, 1.82) is 0 Å². The molecule has 1 aromatic rings. The number of piperidine rings is 1. The first-order valence-corrected chi connectivity index (χ1v) is 6.85. The predicted octanol–water partition coefficient (Wildman–Crippen LogP) is 3.48. The second-order valence-electron chi connectivity index (χ2n) is 5.34. The average molecular weight is 270 g/mol. The Labute approximate surface area is 112 Å². The lowest BCUT2D eigenvalue weighted by molar-refractivity contribution is 0.0661. The minimum absolute atomic E-state index is 0.128. The molecule has 1 aromatic carbocycles. The van der Waals surface area contributed by atoms with Crippen molar-refractivity contribution in [3.05, 3.63) is 29.0 Å². The fraction of sp³-hybridized carbons (Fsp3) is 0.571. The molecule has 0 amide bonds. The molecule has 2 aliphatic heterocycles. The van der Waals surface area contributed by atoms with Crippen molar-refractivity contribution in [2.24, 2.45) is 0 Å². The van der Waals surface area contributed by atoms with E-state index in [2.05, 4.69) is 11.9 Å². The van der Waals surface area contributed by atoms with E-state index in [-0.39, 0.29) is 11.1 Å². The van der Waals surface area contributed by atoms with Crippen molar-refractivity contribution >= 4 is 11.6 Å². The lowest BCUT2D eigenvalue weighted by Crippen LogP contribution is -2.43. The quantitative estimate of drug-likeness (QED) is 0.815. The molecule has 2 bridgehead atoms. The molecule has 3 rings (SSSR count). The highest BCUT2D eigenvalue weighted by Gasteiger charge is 2.39. The number of rotatable bonds is 2. The summed E-state index contributed by atoms with van der Waals surface area (Å²) in [5.74, 6) is 0.280. The van der Waals surface area contributed by atoms with Crippen LogP contribution in [0.25, 0.3) is 0 Å². The van der Waals surface area contributed by atoms with E-state index >= 15 is 0 Å². The Morgan fingerprint density at radius 3 is 2.56 bits per heavy atom. The monoisotopic (exact) mass is 269 g/mol. The molecule has 2 saturated heterocycles. The third-order valence-electron chi connectivity index (χ3n) is 4.25. The van der Waals surface area contributed by atoms with Crippen LogP contribution in [-0.2, 0) is 0 Å². The third kappa shape index (κ3) is 2.21. The normalized spacial score (nSPS) is 31.6. The van der Waals surface area contributed by atoms with Crippen molar-refractivity contribution in [3.63, 3.8) is 0 Å². The molecule has 0 N–H and O–H groups in total. The zero-order valence-corrected chi connectivity index (χ0v) is 11.2. The second-order valence-corrected chi connectivity index (χ2v) is 5.74. The number of hydrogen-bond donors (Lipinski definition) is 0. The Kier molecular flexibility index (Phi) is 3.20. The number of nitrogens with zero attached hydrogens (tertiary/aromatic N) is 1. The Morgan fingerprint density at radius 1 is 1.28 bits per heavy atom. The molecule has 0 aromatic heterocycles. The molecule has 0 spiro atoms. The van der Waals surface area contributed by atoms with Crippen LogP contribution in [0, 0.1) is 5.82 Å². The summed E-state index contributed by atoms with van der Waals surface area (Å²) in [5.41, 5.74) is 0.